The molecule has 0 radical (unpaired) electrons. The molecule has 3 N–H and O–H groups in total. The molecular weight excluding hydrogens is 328 g/mol. The molecule has 0 aliphatic heterocycles. The van der Waals surface area contributed by atoms with E-state index >= 15 is 0 Å². The van der Waals surface area contributed by atoms with Crippen LogP contribution in [0.5, 0.6) is 0 Å². The first-order valence-corrected chi connectivity index (χ1v) is 10.3. The van der Waals surface area contributed by atoms with Crippen molar-refractivity contribution < 1.29 is 4.79 Å². The molecule has 4 aliphatic carbocycles. The molecule has 0 aromatic carbocycles. The molecular formula is C16H24N4OS2. The summed E-state index contributed by atoms with van der Waals surface area (Å²) in [5, 5.41) is 11.5. The van der Waals surface area contributed by atoms with Crippen molar-refractivity contribution in [1.82, 2.24) is 15.5 Å². The summed E-state index contributed by atoms with van der Waals surface area (Å²) in [6.07, 6.45) is 8.28. The zero-order valence-corrected chi connectivity index (χ0v) is 15.1. The van der Waals surface area contributed by atoms with Crippen LogP contribution in [0.1, 0.15) is 45.4 Å². The Morgan fingerprint density at radius 1 is 1.30 bits per heavy atom. The maximum Gasteiger partial charge on any atom is 0.230 e. The maximum atomic E-state index is 12.3. The van der Waals surface area contributed by atoms with Gasteiger partial charge in [0.2, 0.25) is 11.0 Å². The first kappa shape index (κ1) is 15.7. The van der Waals surface area contributed by atoms with E-state index < -0.39 is 0 Å². The van der Waals surface area contributed by atoms with Crippen LogP contribution < -0.4 is 11.1 Å². The van der Waals surface area contributed by atoms with Gasteiger partial charge in [0, 0.05) is 6.04 Å². The third-order valence-corrected chi connectivity index (χ3v) is 8.02. The average Bonchev–Trinajstić information content (AvgIpc) is 2.89. The van der Waals surface area contributed by atoms with Crippen LogP contribution in [0.3, 0.4) is 0 Å². The molecule has 0 unspecified atom stereocenters. The number of nitrogens with zero attached hydrogens (tertiary/aromatic N) is 2. The Morgan fingerprint density at radius 3 is 2.43 bits per heavy atom. The predicted molar refractivity (Wildman–Crippen MR) is 93.3 cm³/mol. The van der Waals surface area contributed by atoms with E-state index in [1.807, 2.05) is 0 Å². The SMILES string of the molecule is C[C@@H](NC(=O)CSc1nnc(N)s1)C12CC3CC(CC(C3)C1)C2. The van der Waals surface area contributed by atoms with Gasteiger partial charge in [0.1, 0.15) is 0 Å². The van der Waals surface area contributed by atoms with Gasteiger partial charge in [0.15, 0.2) is 4.34 Å². The number of nitrogen functional groups attached to an aromatic ring is 1. The Labute approximate surface area is 145 Å². The number of amides is 1. The number of thioether (sulfide) groups is 1. The summed E-state index contributed by atoms with van der Waals surface area (Å²) in [4.78, 5) is 12.3. The largest absolute Gasteiger partial charge is 0.374 e. The van der Waals surface area contributed by atoms with Gasteiger partial charge >= 0.3 is 0 Å². The fraction of sp³-hybridized carbons (Fsp3) is 0.812. The molecule has 4 fully saturated rings. The zero-order chi connectivity index (χ0) is 16.0. The topological polar surface area (TPSA) is 80.9 Å². The van der Waals surface area contributed by atoms with Gasteiger partial charge < -0.3 is 11.1 Å². The van der Waals surface area contributed by atoms with Crippen LogP contribution in [0.25, 0.3) is 0 Å². The lowest BCUT2D eigenvalue weighted by Gasteiger charge is -2.59. The minimum absolute atomic E-state index is 0.104. The summed E-state index contributed by atoms with van der Waals surface area (Å²) in [6, 6.07) is 0.281. The highest BCUT2D eigenvalue weighted by atomic mass is 32.2. The first-order valence-electron chi connectivity index (χ1n) is 8.53. The van der Waals surface area contributed by atoms with Gasteiger partial charge in [-0.15, -0.1) is 10.2 Å². The van der Waals surface area contributed by atoms with E-state index in [1.54, 1.807) is 0 Å². The molecule has 4 saturated carbocycles. The summed E-state index contributed by atoms with van der Waals surface area (Å²) in [6.45, 7) is 2.22. The normalized spacial score (nSPS) is 36.1. The number of nitrogens with two attached hydrogens (primary N) is 1. The van der Waals surface area contributed by atoms with E-state index in [2.05, 4.69) is 22.4 Å². The Bertz CT molecular complexity index is 567. The van der Waals surface area contributed by atoms with Gasteiger partial charge in [-0.25, -0.2) is 0 Å². The molecule has 1 amide bonds. The van der Waals surface area contributed by atoms with Gasteiger partial charge in [0.25, 0.3) is 0 Å². The van der Waals surface area contributed by atoms with Gasteiger partial charge in [-0.1, -0.05) is 23.1 Å². The van der Waals surface area contributed by atoms with Crippen molar-refractivity contribution in [2.24, 2.45) is 23.2 Å². The summed E-state index contributed by atoms with van der Waals surface area (Å²) in [7, 11) is 0. The molecule has 5 nitrogen and oxygen atoms in total. The van der Waals surface area contributed by atoms with E-state index in [0.29, 0.717) is 16.3 Å². The molecule has 4 aliphatic rings. The standard InChI is InChI=1S/C16H24N4OS2/c1-9(18-13(21)8-22-15-20-19-14(17)23-15)16-5-10-2-11(6-16)4-12(3-10)7-16/h9-12H,2-8H2,1H3,(H2,17,19)(H,18,21)/t9-,10?,11?,12?,16?/m1/s1. The third kappa shape index (κ3) is 3.09. The molecule has 7 heteroatoms. The number of hydrogen-bond donors (Lipinski definition) is 2. The number of carbonyl (C=O) groups excluding carboxylic acids is 1. The summed E-state index contributed by atoms with van der Waals surface area (Å²) in [5.74, 6) is 3.25. The summed E-state index contributed by atoms with van der Waals surface area (Å²) >= 11 is 2.76. The highest BCUT2D eigenvalue weighted by Gasteiger charge is 2.53. The summed E-state index contributed by atoms with van der Waals surface area (Å²) in [5.41, 5.74) is 5.93. The van der Waals surface area contributed by atoms with Crippen LogP contribution in [0.4, 0.5) is 5.13 Å². The summed E-state index contributed by atoms with van der Waals surface area (Å²) < 4.78 is 0.764. The van der Waals surface area contributed by atoms with Crippen LogP contribution in [0, 0.1) is 23.2 Å². The van der Waals surface area contributed by atoms with Gasteiger partial charge in [0.05, 0.1) is 5.75 Å². The van der Waals surface area contributed by atoms with Crippen molar-refractivity contribution in [2.45, 2.75) is 55.8 Å². The smallest absolute Gasteiger partial charge is 0.230 e. The Balaban J connectivity index is 1.34. The number of rotatable bonds is 5. The quantitative estimate of drug-likeness (QED) is 0.796. The lowest BCUT2D eigenvalue weighted by molar-refractivity contribution is -0.123. The predicted octanol–water partition coefficient (Wildman–Crippen LogP) is 2.93. The third-order valence-electron chi connectivity index (χ3n) is 6.13. The fourth-order valence-corrected chi connectivity index (χ4v) is 7.00. The van der Waals surface area contributed by atoms with Crippen LogP contribution in [-0.4, -0.2) is 27.9 Å². The van der Waals surface area contributed by atoms with Gasteiger partial charge in [-0.3, -0.25) is 4.79 Å². The molecule has 0 saturated heterocycles. The monoisotopic (exact) mass is 352 g/mol. The van der Waals surface area contributed by atoms with Gasteiger partial charge in [-0.05, 0) is 68.6 Å². The van der Waals surface area contributed by atoms with Gasteiger partial charge in [-0.2, -0.15) is 0 Å². The molecule has 5 rings (SSSR count). The zero-order valence-electron chi connectivity index (χ0n) is 13.5. The van der Waals surface area contributed by atoms with E-state index in [1.165, 1.54) is 61.6 Å². The number of hydrogen-bond acceptors (Lipinski definition) is 6. The Hall–Kier alpha value is -0.820. The van der Waals surface area contributed by atoms with Crippen LogP contribution in [0.15, 0.2) is 4.34 Å². The number of carbonyl (C=O) groups is 1. The fourth-order valence-electron chi connectivity index (χ4n) is 5.55. The van der Waals surface area contributed by atoms with E-state index in [4.69, 9.17) is 5.73 Å². The molecule has 1 atom stereocenters. The van der Waals surface area contributed by atoms with E-state index in [9.17, 15) is 4.79 Å². The van der Waals surface area contributed by atoms with Crippen LogP contribution in [-0.2, 0) is 4.79 Å². The van der Waals surface area contributed by atoms with Crippen LogP contribution in [0.2, 0.25) is 0 Å². The Morgan fingerprint density at radius 2 is 1.91 bits per heavy atom. The second-order valence-corrected chi connectivity index (χ2v) is 10.00. The maximum absolute atomic E-state index is 12.3. The number of anilines is 1. The van der Waals surface area contributed by atoms with Crippen molar-refractivity contribution in [1.29, 1.82) is 0 Å². The Kier molecular flexibility index (Phi) is 4.04. The first-order chi connectivity index (χ1) is 11.0. The minimum atomic E-state index is 0.104. The lowest BCUT2D eigenvalue weighted by atomic mass is 9.48. The highest BCUT2D eigenvalue weighted by Crippen LogP contribution is 2.61. The van der Waals surface area contributed by atoms with Crippen molar-refractivity contribution in [2.75, 3.05) is 11.5 Å². The van der Waals surface area contributed by atoms with E-state index in [-0.39, 0.29) is 11.9 Å². The van der Waals surface area contributed by atoms with Crippen molar-refractivity contribution in [3.8, 4) is 0 Å². The number of nitrogens with one attached hydrogen (secondary N) is 1. The molecule has 0 spiro atoms. The highest BCUT2D eigenvalue weighted by molar-refractivity contribution is 8.01. The lowest BCUT2D eigenvalue weighted by Crippen LogP contribution is -2.56. The second-order valence-electron chi connectivity index (χ2n) is 7.76. The van der Waals surface area contributed by atoms with Crippen LogP contribution >= 0.6 is 23.1 Å². The molecule has 126 valence electrons. The molecule has 4 bridgehead atoms. The van der Waals surface area contributed by atoms with Crippen molar-refractivity contribution >= 4 is 34.1 Å². The van der Waals surface area contributed by atoms with Crippen molar-refractivity contribution in [3.63, 3.8) is 0 Å². The second kappa shape index (κ2) is 5.92. The molecule has 1 aromatic heterocycles. The minimum Gasteiger partial charge on any atom is -0.374 e. The van der Waals surface area contributed by atoms with E-state index in [0.717, 1.165) is 22.1 Å². The molecule has 1 aromatic rings. The molecule has 23 heavy (non-hydrogen) atoms. The number of aromatic nitrogens is 2. The average molecular weight is 353 g/mol. The van der Waals surface area contributed by atoms with Crippen molar-refractivity contribution in [3.05, 3.63) is 0 Å². The molecule has 1 heterocycles.